The Labute approximate surface area is 172 Å². The first-order valence-corrected chi connectivity index (χ1v) is 9.83. The van der Waals surface area contributed by atoms with Gasteiger partial charge < -0.3 is 10.2 Å². The SMILES string of the molecule is CC(=O)N(Cc1ccccc1)[C@@H](C(=O)NCCc1ccccc1)c1ccccc1. The molecule has 0 spiro atoms. The Morgan fingerprint density at radius 3 is 1.86 bits per heavy atom. The number of carbonyl (C=O) groups is 2. The molecule has 0 radical (unpaired) electrons. The van der Waals surface area contributed by atoms with Gasteiger partial charge in [-0.1, -0.05) is 91.0 Å². The van der Waals surface area contributed by atoms with Crippen LogP contribution in [0.2, 0.25) is 0 Å². The van der Waals surface area contributed by atoms with E-state index in [0.29, 0.717) is 13.1 Å². The van der Waals surface area contributed by atoms with Crippen molar-refractivity contribution in [1.29, 1.82) is 0 Å². The van der Waals surface area contributed by atoms with Crippen molar-refractivity contribution in [3.8, 4) is 0 Å². The molecule has 3 rings (SSSR count). The highest BCUT2D eigenvalue weighted by molar-refractivity contribution is 5.88. The number of hydrogen-bond donors (Lipinski definition) is 1. The molecule has 0 aliphatic carbocycles. The molecule has 3 aromatic rings. The summed E-state index contributed by atoms with van der Waals surface area (Å²) in [5, 5.41) is 3.02. The van der Waals surface area contributed by atoms with Crippen LogP contribution in [0, 0.1) is 0 Å². The van der Waals surface area contributed by atoms with E-state index in [1.165, 1.54) is 6.92 Å². The number of rotatable bonds is 8. The molecule has 29 heavy (non-hydrogen) atoms. The predicted molar refractivity (Wildman–Crippen MR) is 115 cm³/mol. The third-order valence-corrected chi connectivity index (χ3v) is 4.83. The quantitative estimate of drug-likeness (QED) is 0.633. The molecule has 0 bridgehead atoms. The number of nitrogens with zero attached hydrogens (tertiary/aromatic N) is 1. The molecule has 0 aliphatic rings. The van der Waals surface area contributed by atoms with E-state index >= 15 is 0 Å². The average molecular weight is 386 g/mol. The summed E-state index contributed by atoms with van der Waals surface area (Å²) in [5.41, 5.74) is 2.95. The van der Waals surface area contributed by atoms with Crippen LogP contribution in [0.5, 0.6) is 0 Å². The summed E-state index contributed by atoms with van der Waals surface area (Å²) >= 11 is 0. The summed E-state index contributed by atoms with van der Waals surface area (Å²) in [6.07, 6.45) is 0.743. The minimum Gasteiger partial charge on any atom is -0.354 e. The van der Waals surface area contributed by atoms with Gasteiger partial charge in [0.05, 0.1) is 0 Å². The fourth-order valence-electron chi connectivity index (χ4n) is 3.34. The number of hydrogen-bond acceptors (Lipinski definition) is 2. The van der Waals surface area contributed by atoms with Gasteiger partial charge in [0.15, 0.2) is 0 Å². The molecular weight excluding hydrogens is 360 g/mol. The van der Waals surface area contributed by atoms with E-state index in [1.54, 1.807) is 4.90 Å². The average Bonchev–Trinajstić information content (AvgIpc) is 2.75. The topological polar surface area (TPSA) is 49.4 Å². The number of amides is 2. The standard InChI is InChI=1S/C25H26N2O2/c1-20(28)27(19-22-13-7-3-8-14-22)24(23-15-9-4-10-16-23)25(29)26-18-17-21-11-5-2-6-12-21/h2-16,24H,17-19H2,1H3,(H,26,29)/t24-/m1/s1. The maximum atomic E-state index is 13.2. The Morgan fingerprint density at radius 1 is 0.793 bits per heavy atom. The van der Waals surface area contributed by atoms with Crippen LogP contribution in [0.15, 0.2) is 91.0 Å². The molecule has 1 N–H and O–H groups in total. The monoisotopic (exact) mass is 386 g/mol. The van der Waals surface area contributed by atoms with Gasteiger partial charge in [-0.2, -0.15) is 0 Å². The zero-order chi connectivity index (χ0) is 20.5. The predicted octanol–water partition coefficient (Wildman–Crippen LogP) is 4.14. The molecule has 0 heterocycles. The highest BCUT2D eigenvalue weighted by Crippen LogP contribution is 2.23. The zero-order valence-electron chi connectivity index (χ0n) is 16.6. The maximum absolute atomic E-state index is 13.2. The summed E-state index contributed by atoms with van der Waals surface area (Å²) in [5.74, 6) is -0.306. The third kappa shape index (κ3) is 5.79. The van der Waals surface area contributed by atoms with E-state index in [0.717, 1.165) is 23.1 Å². The summed E-state index contributed by atoms with van der Waals surface area (Å²) in [6.45, 7) is 2.40. The summed E-state index contributed by atoms with van der Waals surface area (Å²) < 4.78 is 0. The van der Waals surface area contributed by atoms with Gasteiger partial charge in [-0.15, -0.1) is 0 Å². The smallest absolute Gasteiger partial charge is 0.247 e. The Bertz CT molecular complexity index is 911. The number of benzene rings is 3. The molecular formula is C25H26N2O2. The van der Waals surface area contributed by atoms with Crippen LogP contribution in [-0.4, -0.2) is 23.3 Å². The third-order valence-electron chi connectivity index (χ3n) is 4.83. The van der Waals surface area contributed by atoms with Crippen molar-refractivity contribution in [1.82, 2.24) is 10.2 Å². The minimum atomic E-state index is -0.676. The van der Waals surface area contributed by atoms with Crippen molar-refractivity contribution in [2.75, 3.05) is 6.54 Å². The van der Waals surface area contributed by atoms with Crippen LogP contribution in [0.25, 0.3) is 0 Å². The normalized spacial score (nSPS) is 11.5. The highest BCUT2D eigenvalue weighted by atomic mass is 16.2. The lowest BCUT2D eigenvalue weighted by Gasteiger charge is -2.30. The lowest BCUT2D eigenvalue weighted by Crippen LogP contribution is -2.43. The molecule has 0 fully saturated rings. The van der Waals surface area contributed by atoms with Crippen molar-refractivity contribution < 1.29 is 9.59 Å². The van der Waals surface area contributed by atoms with E-state index in [4.69, 9.17) is 0 Å². The second kappa shape index (κ2) is 10.2. The zero-order valence-corrected chi connectivity index (χ0v) is 16.6. The molecule has 4 nitrogen and oxygen atoms in total. The van der Waals surface area contributed by atoms with Gasteiger partial charge in [0.25, 0.3) is 0 Å². The lowest BCUT2D eigenvalue weighted by atomic mass is 10.0. The lowest BCUT2D eigenvalue weighted by molar-refractivity contribution is -0.140. The van der Waals surface area contributed by atoms with Gasteiger partial charge in [0, 0.05) is 20.0 Å². The van der Waals surface area contributed by atoms with Crippen molar-refractivity contribution >= 4 is 11.8 Å². The van der Waals surface area contributed by atoms with Crippen LogP contribution in [0.3, 0.4) is 0 Å². The molecule has 0 unspecified atom stereocenters. The van der Waals surface area contributed by atoms with Gasteiger partial charge in [-0.3, -0.25) is 9.59 Å². The van der Waals surface area contributed by atoms with Gasteiger partial charge >= 0.3 is 0 Å². The van der Waals surface area contributed by atoms with E-state index in [2.05, 4.69) is 5.32 Å². The van der Waals surface area contributed by atoms with Crippen molar-refractivity contribution in [2.24, 2.45) is 0 Å². The molecule has 2 amide bonds. The number of carbonyl (C=O) groups excluding carboxylic acids is 2. The first kappa shape index (κ1) is 20.3. The number of nitrogens with one attached hydrogen (secondary N) is 1. The summed E-state index contributed by atoms with van der Waals surface area (Å²) in [4.78, 5) is 27.3. The second-order valence-corrected chi connectivity index (χ2v) is 6.97. The fraction of sp³-hybridized carbons (Fsp3) is 0.200. The van der Waals surface area contributed by atoms with Crippen LogP contribution in [-0.2, 0) is 22.6 Å². The van der Waals surface area contributed by atoms with Crippen molar-refractivity contribution in [3.05, 3.63) is 108 Å². The highest BCUT2D eigenvalue weighted by Gasteiger charge is 2.29. The van der Waals surface area contributed by atoms with Crippen LogP contribution in [0.4, 0.5) is 0 Å². The molecule has 0 saturated heterocycles. The first-order chi connectivity index (χ1) is 14.1. The summed E-state index contributed by atoms with van der Waals surface area (Å²) in [6, 6.07) is 28.6. The Morgan fingerprint density at radius 2 is 1.31 bits per heavy atom. The minimum absolute atomic E-state index is 0.138. The Kier molecular flexibility index (Phi) is 7.17. The Balaban J connectivity index is 1.79. The van der Waals surface area contributed by atoms with E-state index < -0.39 is 6.04 Å². The van der Waals surface area contributed by atoms with Gasteiger partial charge in [0.1, 0.15) is 6.04 Å². The molecule has 148 valence electrons. The van der Waals surface area contributed by atoms with Crippen LogP contribution >= 0.6 is 0 Å². The van der Waals surface area contributed by atoms with E-state index in [9.17, 15) is 9.59 Å². The van der Waals surface area contributed by atoms with Crippen molar-refractivity contribution in [3.63, 3.8) is 0 Å². The molecule has 0 aromatic heterocycles. The summed E-state index contributed by atoms with van der Waals surface area (Å²) in [7, 11) is 0. The first-order valence-electron chi connectivity index (χ1n) is 9.83. The molecule has 0 saturated carbocycles. The molecule has 3 aromatic carbocycles. The van der Waals surface area contributed by atoms with Gasteiger partial charge in [-0.05, 0) is 23.1 Å². The Hall–Kier alpha value is -3.40. The second-order valence-electron chi connectivity index (χ2n) is 6.97. The van der Waals surface area contributed by atoms with Crippen LogP contribution in [0.1, 0.15) is 29.7 Å². The van der Waals surface area contributed by atoms with E-state index in [-0.39, 0.29) is 11.8 Å². The van der Waals surface area contributed by atoms with Crippen LogP contribution < -0.4 is 5.32 Å². The van der Waals surface area contributed by atoms with Gasteiger partial charge in [0.2, 0.25) is 11.8 Å². The fourth-order valence-corrected chi connectivity index (χ4v) is 3.34. The largest absolute Gasteiger partial charge is 0.354 e. The molecule has 1 atom stereocenters. The van der Waals surface area contributed by atoms with Crippen molar-refractivity contribution in [2.45, 2.75) is 25.9 Å². The molecule has 4 heteroatoms. The van der Waals surface area contributed by atoms with E-state index in [1.807, 2.05) is 91.0 Å². The maximum Gasteiger partial charge on any atom is 0.247 e. The molecule has 0 aliphatic heterocycles. The van der Waals surface area contributed by atoms with Gasteiger partial charge in [-0.25, -0.2) is 0 Å².